The van der Waals surface area contributed by atoms with Gasteiger partial charge in [-0.1, -0.05) is 72.8 Å². The zero-order valence-electron chi connectivity index (χ0n) is 16.6. The van der Waals surface area contributed by atoms with Crippen LogP contribution in [0.3, 0.4) is 0 Å². The van der Waals surface area contributed by atoms with E-state index in [1.807, 2.05) is 36.4 Å². The van der Waals surface area contributed by atoms with Gasteiger partial charge in [-0.15, -0.1) is 0 Å². The van der Waals surface area contributed by atoms with Crippen LogP contribution in [0.2, 0.25) is 0 Å². The standard InChI is InChI=1S/C27H24O3/c28-22-15-13-20(14-16-22)17-19-9-11-21(12-10-19)18-25(23-5-1-3-7-26(23)29)24-6-2-4-8-27(24)30/h1-16,25,28-30H,17-18H2. The monoisotopic (exact) mass is 396 g/mol. The summed E-state index contributed by atoms with van der Waals surface area (Å²) in [5.41, 5.74) is 5.05. The first kappa shape index (κ1) is 19.6. The van der Waals surface area contributed by atoms with Gasteiger partial charge in [0.25, 0.3) is 0 Å². The minimum absolute atomic E-state index is 0.157. The van der Waals surface area contributed by atoms with E-state index in [4.69, 9.17) is 0 Å². The molecule has 0 atom stereocenters. The Morgan fingerprint density at radius 3 is 1.43 bits per heavy atom. The zero-order chi connectivity index (χ0) is 20.9. The summed E-state index contributed by atoms with van der Waals surface area (Å²) < 4.78 is 0. The highest BCUT2D eigenvalue weighted by Gasteiger charge is 2.20. The average Bonchev–Trinajstić information content (AvgIpc) is 2.76. The molecule has 3 heteroatoms. The Morgan fingerprint density at radius 1 is 0.500 bits per heavy atom. The maximum absolute atomic E-state index is 10.4. The van der Waals surface area contributed by atoms with Gasteiger partial charge in [-0.05, 0) is 53.8 Å². The Balaban J connectivity index is 1.59. The second-order valence-corrected chi connectivity index (χ2v) is 7.53. The molecule has 4 aromatic carbocycles. The molecule has 0 aromatic heterocycles. The third-order valence-corrected chi connectivity index (χ3v) is 5.43. The Hall–Kier alpha value is -3.72. The molecule has 0 unspecified atom stereocenters. The molecule has 0 spiro atoms. The van der Waals surface area contributed by atoms with Gasteiger partial charge in [-0.2, -0.15) is 0 Å². The van der Waals surface area contributed by atoms with Gasteiger partial charge in [-0.25, -0.2) is 0 Å². The minimum Gasteiger partial charge on any atom is -0.508 e. The van der Waals surface area contributed by atoms with E-state index >= 15 is 0 Å². The summed E-state index contributed by atoms with van der Waals surface area (Å²) in [6, 6.07) is 30.3. The molecule has 0 radical (unpaired) electrons. The molecule has 0 bridgehead atoms. The predicted octanol–water partition coefficient (Wildman–Crippen LogP) is 5.77. The molecule has 0 amide bonds. The molecule has 0 saturated carbocycles. The lowest BCUT2D eigenvalue weighted by Gasteiger charge is -2.20. The van der Waals surface area contributed by atoms with Gasteiger partial charge in [-0.3, -0.25) is 0 Å². The third kappa shape index (κ3) is 4.47. The van der Waals surface area contributed by atoms with E-state index < -0.39 is 0 Å². The number of hydrogen-bond donors (Lipinski definition) is 3. The number of rotatable bonds is 6. The topological polar surface area (TPSA) is 60.7 Å². The van der Waals surface area contributed by atoms with Gasteiger partial charge in [0.05, 0.1) is 0 Å². The predicted molar refractivity (Wildman–Crippen MR) is 119 cm³/mol. The SMILES string of the molecule is Oc1ccc(Cc2ccc(CC(c3ccccc3O)c3ccccc3O)cc2)cc1. The van der Waals surface area contributed by atoms with Crippen molar-refractivity contribution in [2.75, 3.05) is 0 Å². The summed E-state index contributed by atoms with van der Waals surface area (Å²) in [7, 11) is 0. The Morgan fingerprint density at radius 2 is 0.933 bits per heavy atom. The summed E-state index contributed by atoms with van der Waals surface area (Å²) in [4.78, 5) is 0. The highest BCUT2D eigenvalue weighted by atomic mass is 16.3. The van der Waals surface area contributed by atoms with Gasteiger partial charge >= 0.3 is 0 Å². The van der Waals surface area contributed by atoms with E-state index in [1.54, 1.807) is 36.4 Å². The van der Waals surface area contributed by atoms with Gasteiger partial charge in [0.1, 0.15) is 17.2 Å². The van der Waals surface area contributed by atoms with Crippen LogP contribution in [0, 0.1) is 0 Å². The van der Waals surface area contributed by atoms with E-state index in [9.17, 15) is 15.3 Å². The van der Waals surface area contributed by atoms with E-state index in [-0.39, 0.29) is 23.2 Å². The number of phenolic OH excluding ortho intramolecular Hbond substituents is 3. The highest BCUT2D eigenvalue weighted by molar-refractivity contribution is 5.47. The van der Waals surface area contributed by atoms with Crippen molar-refractivity contribution >= 4 is 0 Å². The molecule has 0 aliphatic heterocycles. The van der Waals surface area contributed by atoms with Crippen LogP contribution >= 0.6 is 0 Å². The number of benzene rings is 4. The summed E-state index contributed by atoms with van der Waals surface area (Å²) in [6.07, 6.45) is 1.46. The quantitative estimate of drug-likeness (QED) is 0.388. The Labute approximate surface area is 176 Å². The summed E-state index contributed by atoms with van der Waals surface area (Å²) in [5, 5.41) is 30.3. The van der Waals surface area contributed by atoms with Crippen molar-refractivity contribution in [2.45, 2.75) is 18.8 Å². The molecule has 0 heterocycles. The van der Waals surface area contributed by atoms with Crippen molar-refractivity contribution in [3.8, 4) is 17.2 Å². The summed E-state index contributed by atoms with van der Waals surface area (Å²) in [5.74, 6) is 0.577. The summed E-state index contributed by atoms with van der Waals surface area (Å²) in [6.45, 7) is 0. The van der Waals surface area contributed by atoms with E-state index in [1.165, 1.54) is 5.56 Å². The number of hydrogen-bond acceptors (Lipinski definition) is 3. The van der Waals surface area contributed by atoms with Crippen molar-refractivity contribution in [3.05, 3.63) is 125 Å². The fraction of sp³-hybridized carbons (Fsp3) is 0.111. The van der Waals surface area contributed by atoms with Crippen LogP contribution in [-0.2, 0) is 12.8 Å². The maximum atomic E-state index is 10.4. The second kappa shape index (κ2) is 8.75. The molecular formula is C27H24O3. The van der Waals surface area contributed by atoms with Gasteiger partial charge < -0.3 is 15.3 Å². The molecule has 3 nitrogen and oxygen atoms in total. The minimum atomic E-state index is -0.157. The van der Waals surface area contributed by atoms with Crippen molar-refractivity contribution in [1.29, 1.82) is 0 Å². The van der Waals surface area contributed by atoms with Crippen molar-refractivity contribution < 1.29 is 15.3 Å². The molecule has 150 valence electrons. The molecule has 0 saturated heterocycles. The van der Waals surface area contributed by atoms with Crippen LogP contribution in [-0.4, -0.2) is 15.3 Å². The van der Waals surface area contributed by atoms with Crippen LogP contribution in [0.25, 0.3) is 0 Å². The van der Waals surface area contributed by atoms with Crippen molar-refractivity contribution in [2.24, 2.45) is 0 Å². The zero-order valence-corrected chi connectivity index (χ0v) is 16.6. The van der Waals surface area contributed by atoms with E-state index in [0.29, 0.717) is 6.42 Å². The first-order valence-corrected chi connectivity index (χ1v) is 10.0. The van der Waals surface area contributed by atoms with Crippen molar-refractivity contribution in [3.63, 3.8) is 0 Å². The molecule has 3 N–H and O–H groups in total. The molecule has 0 aliphatic rings. The van der Waals surface area contributed by atoms with Gasteiger partial charge in [0, 0.05) is 17.0 Å². The average molecular weight is 396 g/mol. The number of aromatic hydroxyl groups is 3. The molecular weight excluding hydrogens is 372 g/mol. The fourth-order valence-corrected chi connectivity index (χ4v) is 3.83. The van der Waals surface area contributed by atoms with E-state index in [0.717, 1.165) is 28.7 Å². The van der Waals surface area contributed by atoms with E-state index in [2.05, 4.69) is 24.3 Å². The second-order valence-electron chi connectivity index (χ2n) is 7.53. The van der Waals surface area contributed by atoms with Crippen LogP contribution in [0.15, 0.2) is 97.1 Å². The molecule has 0 aliphatic carbocycles. The number of para-hydroxylation sites is 2. The molecule has 0 fully saturated rings. The van der Waals surface area contributed by atoms with Crippen LogP contribution in [0.4, 0.5) is 0 Å². The Kier molecular flexibility index (Phi) is 5.71. The molecule has 30 heavy (non-hydrogen) atoms. The molecule has 4 aromatic rings. The van der Waals surface area contributed by atoms with Crippen LogP contribution < -0.4 is 0 Å². The lowest BCUT2D eigenvalue weighted by molar-refractivity contribution is 0.453. The van der Waals surface area contributed by atoms with Gasteiger partial charge in [0.2, 0.25) is 0 Å². The first-order valence-electron chi connectivity index (χ1n) is 10.0. The Bertz CT molecular complexity index is 1070. The lowest BCUT2D eigenvalue weighted by atomic mass is 9.84. The normalized spacial score (nSPS) is 11.0. The summed E-state index contributed by atoms with van der Waals surface area (Å²) >= 11 is 0. The van der Waals surface area contributed by atoms with Crippen molar-refractivity contribution in [1.82, 2.24) is 0 Å². The van der Waals surface area contributed by atoms with Crippen LogP contribution in [0.5, 0.6) is 17.2 Å². The highest BCUT2D eigenvalue weighted by Crippen LogP contribution is 2.37. The lowest BCUT2D eigenvalue weighted by Crippen LogP contribution is -2.06. The van der Waals surface area contributed by atoms with Crippen LogP contribution in [0.1, 0.15) is 33.7 Å². The smallest absolute Gasteiger partial charge is 0.119 e. The molecule has 4 rings (SSSR count). The number of phenols is 3. The first-order chi connectivity index (χ1) is 14.6. The maximum Gasteiger partial charge on any atom is 0.119 e. The third-order valence-electron chi connectivity index (χ3n) is 5.43. The fourth-order valence-electron chi connectivity index (χ4n) is 3.83. The largest absolute Gasteiger partial charge is 0.508 e. The van der Waals surface area contributed by atoms with Gasteiger partial charge in [0.15, 0.2) is 0 Å².